The quantitative estimate of drug-likeness (QED) is 0.199. The van der Waals surface area contributed by atoms with E-state index in [2.05, 4.69) is 5.32 Å². The van der Waals surface area contributed by atoms with Crippen molar-refractivity contribution >= 4 is 50.7 Å². The van der Waals surface area contributed by atoms with Gasteiger partial charge in [-0.25, -0.2) is 8.42 Å². The average Bonchev–Trinajstić information content (AvgIpc) is 3.06. The SMILES string of the molecule is CNC(=O)C(Cc1ccccc1)N(Cc1ccc(Cl)cc1Cl)C(=O)CN(c1ccc(OC)c(OC)c1)S(=O)(=O)c1ccccc1. The van der Waals surface area contributed by atoms with Gasteiger partial charge in [0.05, 0.1) is 24.8 Å². The van der Waals surface area contributed by atoms with Crippen LogP contribution in [0.2, 0.25) is 10.0 Å². The monoisotopic (exact) mass is 669 g/mol. The molecule has 1 N–H and O–H groups in total. The Morgan fingerprint density at radius 1 is 0.844 bits per heavy atom. The zero-order valence-electron chi connectivity index (χ0n) is 24.9. The van der Waals surface area contributed by atoms with Gasteiger partial charge in [-0.2, -0.15) is 0 Å². The Kier molecular flexibility index (Phi) is 11.3. The van der Waals surface area contributed by atoms with Crippen LogP contribution in [0, 0.1) is 0 Å². The minimum Gasteiger partial charge on any atom is -0.493 e. The van der Waals surface area contributed by atoms with Gasteiger partial charge in [0.2, 0.25) is 11.8 Å². The van der Waals surface area contributed by atoms with Crippen molar-refractivity contribution < 1.29 is 27.5 Å². The van der Waals surface area contributed by atoms with Crippen molar-refractivity contribution in [2.24, 2.45) is 0 Å². The number of methoxy groups -OCH3 is 2. The summed E-state index contributed by atoms with van der Waals surface area (Å²) in [5, 5.41) is 3.35. The molecule has 0 saturated carbocycles. The van der Waals surface area contributed by atoms with Crippen LogP contribution in [0.15, 0.2) is 102 Å². The van der Waals surface area contributed by atoms with Gasteiger partial charge < -0.3 is 19.7 Å². The standard InChI is InChI=1S/C33H33Cl2N3O6S/c1-36-33(40)29(18-23-10-6-4-7-11-23)37(21-24-14-15-25(34)19-28(24)35)32(39)22-38(45(41,42)27-12-8-5-9-13-27)26-16-17-30(43-2)31(20-26)44-3/h4-17,19-20,29H,18,21-22H2,1-3H3,(H,36,40). The molecule has 4 aromatic carbocycles. The lowest BCUT2D eigenvalue weighted by atomic mass is 10.0. The normalized spacial score (nSPS) is 11.8. The smallest absolute Gasteiger partial charge is 0.264 e. The summed E-state index contributed by atoms with van der Waals surface area (Å²) in [4.78, 5) is 29.2. The first-order valence-corrected chi connectivity index (χ1v) is 16.1. The maximum Gasteiger partial charge on any atom is 0.264 e. The van der Waals surface area contributed by atoms with Gasteiger partial charge in [-0.3, -0.25) is 13.9 Å². The van der Waals surface area contributed by atoms with E-state index in [1.165, 1.54) is 50.4 Å². The lowest BCUT2D eigenvalue weighted by Gasteiger charge is -2.34. The third kappa shape index (κ3) is 8.08. The molecule has 12 heteroatoms. The van der Waals surface area contributed by atoms with E-state index < -0.39 is 34.4 Å². The minimum atomic E-state index is -4.28. The van der Waals surface area contributed by atoms with E-state index in [-0.39, 0.29) is 29.3 Å². The molecule has 0 aliphatic rings. The van der Waals surface area contributed by atoms with Crippen molar-refractivity contribution in [2.45, 2.75) is 23.9 Å². The van der Waals surface area contributed by atoms with E-state index in [1.807, 2.05) is 30.3 Å². The first kappa shape index (κ1) is 33.6. The molecule has 0 spiro atoms. The number of sulfonamides is 1. The molecule has 0 saturated heterocycles. The number of anilines is 1. The average molecular weight is 671 g/mol. The zero-order valence-corrected chi connectivity index (χ0v) is 27.3. The van der Waals surface area contributed by atoms with Gasteiger partial charge in [0, 0.05) is 36.1 Å². The highest BCUT2D eigenvalue weighted by Crippen LogP contribution is 2.34. The maximum absolute atomic E-state index is 14.4. The second kappa shape index (κ2) is 15.2. The molecule has 4 aromatic rings. The molecule has 2 amide bonds. The Balaban J connectivity index is 1.83. The number of benzene rings is 4. The number of likely N-dealkylation sites (N-methyl/N-ethyl adjacent to an activating group) is 1. The summed E-state index contributed by atoms with van der Waals surface area (Å²) >= 11 is 12.6. The van der Waals surface area contributed by atoms with Crippen LogP contribution < -0.4 is 19.1 Å². The molecule has 1 atom stereocenters. The molecule has 4 rings (SSSR count). The second-order valence-electron chi connectivity index (χ2n) is 9.94. The summed E-state index contributed by atoms with van der Waals surface area (Å²) in [6, 6.07) is 25.4. The number of rotatable bonds is 13. The van der Waals surface area contributed by atoms with Crippen LogP contribution in [-0.4, -0.2) is 59.0 Å². The summed E-state index contributed by atoms with van der Waals surface area (Å²) in [5.41, 5.74) is 1.49. The zero-order chi connectivity index (χ0) is 32.6. The predicted octanol–water partition coefficient (Wildman–Crippen LogP) is 5.59. The van der Waals surface area contributed by atoms with Crippen LogP contribution in [0.4, 0.5) is 5.69 Å². The molecule has 0 radical (unpaired) electrons. The summed E-state index contributed by atoms with van der Waals surface area (Å²) in [6.45, 7) is -0.731. The van der Waals surface area contributed by atoms with E-state index >= 15 is 0 Å². The van der Waals surface area contributed by atoms with Crippen LogP contribution in [0.1, 0.15) is 11.1 Å². The van der Waals surface area contributed by atoms with Gasteiger partial charge >= 0.3 is 0 Å². The number of halogens is 2. The summed E-state index contributed by atoms with van der Waals surface area (Å²) in [7, 11) is 0.0931. The third-order valence-electron chi connectivity index (χ3n) is 7.14. The molecule has 1 unspecified atom stereocenters. The number of hydrogen-bond acceptors (Lipinski definition) is 6. The lowest BCUT2D eigenvalue weighted by Crippen LogP contribution is -2.53. The molecule has 0 aliphatic heterocycles. The molecular formula is C33H33Cl2N3O6S. The molecule has 0 aliphatic carbocycles. The predicted molar refractivity (Wildman–Crippen MR) is 176 cm³/mol. The molecule has 45 heavy (non-hydrogen) atoms. The van der Waals surface area contributed by atoms with Crippen LogP contribution >= 0.6 is 23.2 Å². The lowest BCUT2D eigenvalue weighted by molar-refractivity contribution is -0.139. The number of nitrogens with zero attached hydrogens (tertiary/aromatic N) is 2. The van der Waals surface area contributed by atoms with Crippen molar-refractivity contribution in [3.63, 3.8) is 0 Å². The van der Waals surface area contributed by atoms with Gasteiger partial charge in [-0.15, -0.1) is 0 Å². The number of carbonyl (C=O) groups excluding carboxylic acids is 2. The fourth-order valence-corrected chi connectivity index (χ4v) is 6.68. The molecule has 0 aromatic heterocycles. The fraction of sp³-hybridized carbons (Fsp3) is 0.212. The van der Waals surface area contributed by atoms with Crippen molar-refractivity contribution in [3.05, 3.63) is 118 Å². The highest BCUT2D eigenvalue weighted by Gasteiger charge is 2.35. The maximum atomic E-state index is 14.4. The topological polar surface area (TPSA) is 105 Å². The van der Waals surface area contributed by atoms with E-state index in [4.69, 9.17) is 32.7 Å². The molecule has 0 bridgehead atoms. The van der Waals surface area contributed by atoms with E-state index in [9.17, 15) is 18.0 Å². The van der Waals surface area contributed by atoms with Crippen molar-refractivity contribution in [1.82, 2.24) is 10.2 Å². The Morgan fingerprint density at radius 2 is 1.49 bits per heavy atom. The van der Waals surface area contributed by atoms with Gasteiger partial charge in [0.15, 0.2) is 11.5 Å². The van der Waals surface area contributed by atoms with Crippen LogP contribution in [-0.2, 0) is 32.6 Å². The molecule has 0 heterocycles. The molecule has 9 nitrogen and oxygen atoms in total. The number of ether oxygens (including phenoxy) is 2. The third-order valence-corrected chi connectivity index (χ3v) is 9.51. The second-order valence-corrected chi connectivity index (χ2v) is 12.6. The van der Waals surface area contributed by atoms with Crippen molar-refractivity contribution in [3.8, 4) is 11.5 Å². The van der Waals surface area contributed by atoms with Crippen molar-refractivity contribution in [2.75, 3.05) is 32.1 Å². The minimum absolute atomic E-state index is 0.0213. The van der Waals surface area contributed by atoms with Gasteiger partial charge in [0.1, 0.15) is 12.6 Å². The van der Waals surface area contributed by atoms with Gasteiger partial charge in [-0.05, 0) is 47.5 Å². The van der Waals surface area contributed by atoms with Crippen LogP contribution in [0.25, 0.3) is 0 Å². The summed E-state index contributed by atoms with van der Waals surface area (Å²) in [6.07, 6.45) is 0.166. The van der Waals surface area contributed by atoms with E-state index in [0.29, 0.717) is 21.4 Å². The van der Waals surface area contributed by atoms with E-state index in [0.717, 1.165) is 9.87 Å². The highest BCUT2D eigenvalue weighted by molar-refractivity contribution is 7.92. The van der Waals surface area contributed by atoms with Gasteiger partial charge in [0.25, 0.3) is 10.0 Å². The van der Waals surface area contributed by atoms with Crippen molar-refractivity contribution in [1.29, 1.82) is 0 Å². The Bertz CT molecular complexity index is 1740. The van der Waals surface area contributed by atoms with Gasteiger partial charge in [-0.1, -0.05) is 77.8 Å². The first-order valence-electron chi connectivity index (χ1n) is 13.9. The molecule has 236 valence electrons. The highest BCUT2D eigenvalue weighted by atomic mass is 35.5. The number of nitrogens with one attached hydrogen (secondary N) is 1. The number of amides is 2. The summed E-state index contributed by atoms with van der Waals surface area (Å²) < 4.78 is 40.0. The van der Waals surface area contributed by atoms with E-state index in [1.54, 1.807) is 42.5 Å². The summed E-state index contributed by atoms with van der Waals surface area (Å²) in [5.74, 6) is -0.417. The van der Waals surface area contributed by atoms with Crippen LogP contribution in [0.5, 0.6) is 11.5 Å². The Labute approximate surface area is 273 Å². The number of carbonyl (C=O) groups is 2. The Morgan fingerprint density at radius 3 is 2.09 bits per heavy atom. The largest absolute Gasteiger partial charge is 0.493 e. The van der Waals surface area contributed by atoms with Crippen LogP contribution in [0.3, 0.4) is 0 Å². The fourth-order valence-electron chi connectivity index (χ4n) is 4.78. The molecular weight excluding hydrogens is 637 g/mol. The molecule has 0 fully saturated rings. The first-order chi connectivity index (χ1) is 21.6. The number of hydrogen-bond donors (Lipinski definition) is 1. The Hall–Kier alpha value is -4.25.